The second kappa shape index (κ2) is 11.4. The number of pyridine rings is 1. The molecule has 1 rings (SSSR count). The van der Waals surface area contributed by atoms with Gasteiger partial charge in [0, 0.05) is 24.1 Å². The Balaban J connectivity index is 2.99. The Kier molecular flexibility index (Phi) is 9.59. The zero-order valence-corrected chi connectivity index (χ0v) is 19.1. The number of aliphatic imine (C=N–C) groups is 1. The summed E-state index contributed by atoms with van der Waals surface area (Å²) in [5, 5.41) is 13.4. The van der Waals surface area contributed by atoms with Crippen LogP contribution in [0.4, 0.5) is 15.4 Å². The number of hydrogen-bond acceptors (Lipinski definition) is 8. The maximum Gasteiger partial charge on any atom is 0.414 e. The van der Waals surface area contributed by atoms with Crippen LogP contribution in [0.3, 0.4) is 0 Å². The molecule has 0 saturated carbocycles. The van der Waals surface area contributed by atoms with Gasteiger partial charge in [0.2, 0.25) is 5.96 Å². The van der Waals surface area contributed by atoms with Crippen LogP contribution in [0.1, 0.15) is 53.5 Å². The van der Waals surface area contributed by atoms with Gasteiger partial charge in [0.15, 0.2) is 5.82 Å². The van der Waals surface area contributed by atoms with Crippen molar-refractivity contribution in [2.75, 3.05) is 5.75 Å². The second-order valence-corrected chi connectivity index (χ2v) is 9.30. The summed E-state index contributed by atoms with van der Waals surface area (Å²) in [6, 6.07) is 5.66. The summed E-state index contributed by atoms with van der Waals surface area (Å²) in [6.45, 7) is 10.3. The van der Waals surface area contributed by atoms with Gasteiger partial charge in [-0.05, 0) is 59.2 Å². The average molecular weight is 436 g/mol. The Bertz CT molecular complexity index is 775. The van der Waals surface area contributed by atoms with E-state index < -0.39 is 23.4 Å². The minimum atomic E-state index is -0.777. The van der Waals surface area contributed by atoms with Gasteiger partial charge in [-0.2, -0.15) is 22.0 Å². The molecule has 0 fully saturated rings. The zero-order valence-electron chi connectivity index (χ0n) is 18.2. The molecule has 0 radical (unpaired) electrons. The van der Waals surface area contributed by atoms with E-state index in [1.165, 1.54) is 0 Å². The van der Waals surface area contributed by atoms with Gasteiger partial charge in [0.1, 0.15) is 11.2 Å². The minimum absolute atomic E-state index is 0.166. The molecule has 0 aliphatic rings. The van der Waals surface area contributed by atoms with Gasteiger partial charge in [-0.25, -0.2) is 14.6 Å². The van der Waals surface area contributed by atoms with Gasteiger partial charge in [-0.15, -0.1) is 0 Å². The molecule has 0 aliphatic heterocycles. The van der Waals surface area contributed by atoms with E-state index in [1.54, 1.807) is 65.6 Å². The third-order valence-corrected chi connectivity index (χ3v) is 3.93. The van der Waals surface area contributed by atoms with Crippen LogP contribution in [0.2, 0.25) is 0 Å². The van der Waals surface area contributed by atoms with Crippen molar-refractivity contribution in [2.24, 2.45) is 4.99 Å². The fourth-order valence-corrected chi connectivity index (χ4v) is 2.72. The SMILES string of the molecule is CC(C)(C)OC(=O)NC(=Nc1cc(CSCCC#N)ccn1)NC(=O)OC(C)(C)C. The van der Waals surface area contributed by atoms with E-state index in [0.717, 1.165) is 11.3 Å². The summed E-state index contributed by atoms with van der Waals surface area (Å²) in [5.41, 5.74) is -0.500. The predicted molar refractivity (Wildman–Crippen MR) is 116 cm³/mol. The van der Waals surface area contributed by atoms with Crippen LogP contribution in [0.25, 0.3) is 0 Å². The number of thioether (sulfide) groups is 1. The van der Waals surface area contributed by atoms with Crippen LogP contribution in [0.15, 0.2) is 23.3 Å². The fourth-order valence-electron chi connectivity index (χ4n) is 1.92. The number of rotatable bonds is 5. The number of nitrogens with zero attached hydrogens (tertiary/aromatic N) is 3. The van der Waals surface area contributed by atoms with Crippen molar-refractivity contribution in [2.45, 2.75) is 64.9 Å². The van der Waals surface area contributed by atoms with Gasteiger partial charge in [0.25, 0.3) is 0 Å². The van der Waals surface area contributed by atoms with Gasteiger partial charge in [-0.1, -0.05) is 0 Å². The smallest absolute Gasteiger partial charge is 0.414 e. The lowest BCUT2D eigenvalue weighted by Gasteiger charge is -2.22. The lowest BCUT2D eigenvalue weighted by atomic mass is 10.2. The maximum absolute atomic E-state index is 12.1. The van der Waals surface area contributed by atoms with Gasteiger partial charge >= 0.3 is 12.2 Å². The molecule has 0 aromatic carbocycles. The first kappa shape index (κ1) is 25.2. The van der Waals surface area contributed by atoms with Gasteiger partial charge in [0.05, 0.1) is 6.07 Å². The number of hydrogen-bond donors (Lipinski definition) is 2. The zero-order chi connectivity index (χ0) is 22.8. The quantitative estimate of drug-likeness (QED) is 0.402. The van der Waals surface area contributed by atoms with Crippen LogP contribution in [-0.2, 0) is 15.2 Å². The highest BCUT2D eigenvalue weighted by molar-refractivity contribution is 7.98. The highest BCUT2D eigenvalue weighted by Crippen LogP contribution is 2.17. The summed E-state index contributed by atoms with van der Waals surface area (Å²) in [4.78, 5) is 32.7. The number of nitrogens with one attached hydrogen (secondary N) is 2. The predicted octanol–water partition coefficient (Wildman–Crippen LogP) is 4.27. The summed E-state index contributed by atoms with van der Waals surface area (Å²) in [7, 11) is 0. The Morgan fingerprint density at radius 3 is 2.20 bits per heavy atom. The fraction of sp³-hybridized carbons (Fsp3) is 0.550. The van der Waals surface area contributed by atoms with Gasteiger partial charge in [-0.3, -0.25) is 10.6 Å². The number of nitriles is 1. The number of carbonyl (C=O) groups is 2. The lowest BCUT2D eigenvalue weighted by Crippen LogP contribution is -2.47. The molecule has 0 bridgehead atoms. The van der Waals surface area contributed by atoms with E-state index >= 15 is 0 Å². The molecular formula is C20H29N5O4S. The monoisotopic (exact) mass is 435 g/mol. The van der Waals surface area contributed by atoms with Crippen LogP contribution in [0, 0.1) is 11.3 Å². The number of ether oxygens (including phenoxy) is 2. The molecule has 0 unspecified atom stereocenters. The summed E-state index contributed by atoms with van der Waals surface area (Å²) in [6.07, 6.45) is 0.503. The van der Waals surface area contributed by atoms with E-state index in [2.05, 4.69) is 26.7 Å². The molecule has 0 saturated heterocycles. The van der Waals surface area contributed by atoms with E-state index in [0.29, 0.717) is 12.2 Å². The van der Waals surface area contributed by atoms with Crippen LogP contribution in [0.5, 0.6) is 0 Å². The number of carbonyl (C=O) groups excluding carboxylic acids is 2. The molecule has 1 aromatic heterocycles. The molecule has 30 heavy (non-hydrogen) atoms. The molecule has 10 heteroatoms. The number of aromatic nitrogens is 1. The van der Waals surface area contributed by atoms with E-state index in [1.807, 2.05) is 6.07 Å². The summed E-state index contributed by atoms with van der Waals surface area (Å²) >= 11 is 1.61. The molecule has 9 nitrogen and oxygen atoms in total. The second-order valence-electron chi connectivity index (χ2n) is 8.20. The number of guanidine groups is 1. The third-order valence-electron chi connectivity index (χ3n) is 2.90. The van der Waals surface area contributed by atoms with Crippen molar-refractivity contribution < 1.29 is 19.1 Å². The van der Waals surface area contributed by atoms with E-state index in [9.17, 15) is 9.59 Å². The average Bonchev–Trinajstić information content (AvgIpc) is 2.55. The topological polar surface area (TPSA) is 126 Å². The number of alkyl carbamates (subject to hydrolysis) is 2. The van der Waals surface area contributed by atoms with Crippen LogP contribution >= 0.6 is 11.8 Å². The van der Waals surface area contributed by atoms with Crippen molar-refractivity contribution in [1.29, 1.82) is 5.26 Å². The highest BCUT2D eigenvalue weighted by Gasteiger charge is 2.21. The summed E-state index contributed by atoms with van der Waals surface area (Å²) < 4.78 is 10.4. The molecule has 0 atom stereocenters. The first-order valence-electron chi connectivity index (χ1n) is 9.36. The molecular weight excluding hydrogens is 406 g/mol. The Morgan fingerprint density at radius 2 is 1.70 bits per heavy atom. The Hall–Kier alpha value is -2.80. The first-order valence-corrected chi connectivity index (χ1v) is 10.5. The van der Waals surface area contributed by atoms with Crippen molar-refractivity contribution in [1.82, 2.24) is 15.6 Å². The molecule has 2 amide bonds. The highest BCUT2D eigenvalue weighted by atomic mass is 32.2. The molecule has 1 heterocycles. The van der Waals surface area contributed by atoms with Crippen LogP contribution in [-0.4, -0.2) is 40.1 Å². The van der Waals surface area contributed by atoms with Crippen molar-refractivity contribution in [3.8, 4) is 6.07 Å². The minimum Gasteiger partial charge on any atom is -0.444 e. The lowest BCUT2D eigenvalue weighted by molar-refractivity contribution is 0.0545. The Labute approximate surface area is 181 Å². The molecule has 164 valence electrons. The molecule has 2 N–H and O–H groups in total. The normalized spacial score (nSPS) is 11.1. The molecule has 0 aliphatic carbocycles. The van der Waals surface area contributed by atoms with Crippen LogP contribution < -0.4 is 10.6 Å². The first-order chi connectivity index (χ1) is 13.9. The Morgan fingerprint density at radius 1 is 1.13 bits per heavy atom. The standard InChI is InChI=1S/C20H29N5O4S/c1-19(2,3)28-17(26)24-16(25-18(27)29-20(4,5)6)23-15-12-14(8-10-22-15)13-30-11-7-9-21/h8,10,12H,7,11,13H2,1-6H3,(H2,22,23,24,25,26,27). The van der Waals surface area contributed by atoms with E-state index in [4.69, 9.17) is 14.7 Å². The van der Waals surface area contributed by atoms with Crippen molar-refractivity contribution in [3.05, 3.63) is 23.9 Å². The van der Waals surface area contributed by atoms with Gasteiger partial charge < -0.3 is 9.47 Å². The van der Waals surface area contributed by atoms with Crippen molar-refractivity contribution in [3.63, 3.8) is 0 Å². The summed E-state index contributed by atoms with van der Waals surface area (Å²) in [5.74, 6) is 1.53. The number of amides is 2. The maximum atomic E-state index is 12.1. The molecule has 0 spiro atoms. The molecule has 1 aromatic rings. The van der Waals surface area contributed by atoms with E-state index in [-0.39, 0.29) is 11.8 Å². The third kappa shape index (κ3) is 11.9. The largest absolute Gasteiger partial charge is 0.444 e. The van der Waals surface area contributed by atoms with Crippen molar-refractivity contribution >= 4 is 35.7 Å².